The summed E-state index contributed by atoms with van der Waals surface area (Å²) >= 11 is 0. The zero-order valence-corrected chi connectivity index (χ0v) is 19.8. The third kappa shape index (κ3) is 5.34. The molecule has 1 aliphatic heterocycles. The topological polar surface area (TPSA) is 95.9 Å². The molecule has 1 saturated heterocycles. The number of hydrogen-bond acceptors (Lipinski definition) is 4. The largest absolute Gasteiger partial charge is 0.481 e. The first-order chi connectivity index (χ1) is 17.0. The molecule has 2 N–H and O–H groups in total. The lowest BCUT2D eigenvalue weighted by molar-refractivity contribution is -0.141. The van der Waals surface area contributed by atoms with E-state index >= 15 is 0 Å². The van der Waals surface area contributed by atoms with E-state index in [1.54, 1.807) is 4.90 Å². The number of rotatable bonds is 8. The lowest BCUT2D eigenvalue weighted by Gasteiger charge is -2.34. The van der Waals surface area contributed by atoms with Gasteiger partial charge >= 0.3 is 12.1 Å². The van der Waals surface area contributed by atoms with Gasteiger partial charge in [0, 0.05) is 25.4 Å². The lowest BCUT2D eigenvalue weighted by Crippen LogP contribution is -2.51. The smallest absolute Gasteiger partial charge is 0.407 e. The van der Waals surface area contributed by atoms with Crippen LogP contribution in [0.4, 0.5) is 4.79 Å². The molecule has 7 nitrogen and oxygen atoms in total. The summed E-state index contributed by atoms with van der Waals surface area (Å²) < 4.78 is 5.68. The van der Waals surface area contributed by atoms with Crippen molar-refractivity contribution < 1.29 is 24.2 Å². The van der Waals surface area contributed by atoms with Crippen molar-refractivity contribution in [3.8, 4) is 11.1 Å². The molecule has 2 aromatic carbocycles. The van der Waals surface area contributed by atoms with Gasteiger partial charge in [-0.1, -0.05) is 61.4 Å². The van der Waals surface area contributed by atoms with Crippen molar-refractivity contribution in [2.75, 3.05) is 19.7 Å². The van der Waals surface area contributed by atoms with Crippen LogP contribution in [0.15, 0.2) is 48.5 Å². The van der Waals surface area contributed by atoms with Gasteiger partial charge in [-0.3, -0.25) is 9.59 Å². The average molecular weight is 477 g/mol. The zero-order chi connectivity index (χ0) is 24.4. The van der Waals surface area contributed by atoms with Crippen LogP contribution in [0, 0.1) is 11.8 Å². The van der Waals surface area contributed by atoms with Gasteiger partial charge in [0.25, 0.3) is 0 Å². The Kier molecular flexibility index (Phi) is 6.75. The molecule has 1 saturated carbocycles. The molecular weight excluding hydrogens is 444 g/mol. The molecule has 2 aliphatic carbocycles. The molecular formula is C28H32N2O5. The van der Waals surface area contributed by atoms with Crippen molar-refractivity contribution in [2.45, 2.75) is 50.5 Å². The normalized spacial score (nSPS) is 20.0. The molecule has 35 heavy (non-hydrogen) atoms. The number of carbonyl (C=O) groups is 3. The third-order valence-corrected chi connectivity index (χ3v) is 7.49. The predicted molar refractivity (Wildman–Crippen MR) is 131 cm³/mol. The van der Waals surface area contributed by atoms with Gasteiger partial charge in [-0.2, -0.15) is 0 Å². The number of carbonyl (C=O) groups excluding carboxylic acids is 2. The second-order valence-electron chi connectivity index (χ2n) is 10.1. The fourth-order valence-corrected chi connectivity index (χ4v) is 5.59. The van der Waals surface area contributed by atoms with Gasteiger partial charge < -0.3 is 20.1 Å². The number of likely N-dealkylation sites (tertiary alicyclic amines) is 1. The van der Waals surface area contributed by atoms with E-state index < -0.39 is 18.1 Å². The van der Waals surface area contributed by atoms with Crippen LogP contribution in [0.2, 0.25) is 0 Å². The molecule has 2 aromatic rings. The molecule has 0 spiro atoms. The average Bonchev–Trinajstić information content (AvgIpc) is 3.62. The molecule has 7 heteroatoms. The number of amides is 2. The second kappa shape index (κ2) is 10.1. The standard InChI is InChI=1S/C28H32N2O5/c31-26(32)15-19-6-5-13-30(16-19)27(33)25(14-18-11-12-18)29-28(34)35-17-24-22-9-3-1-7-20(22)21-8-2-4-10-23(21)24/h1-4,7-10,18-19,24-25H,5-6,11-17H2,(H,29,34)(H,31,32). The van der Waals surface area contributed by atoms with Gasteiger partial charge in [0.05, 0.1) is 0 Å². The number of fused-ring (bicyclic) bond motifs is 3. The zero-order valence-electron chi connectivity index (χ0n) is 19.8. The molecule has 3 aliphatic rings. The first kappa shape index (κ1) is 23.4. The van der Waals surface area contributed by atoms with Crippen LogP contribution in [0.1, 0.15) is 55.6 Å². The van der Waals surface area contributed by atoms with E-state index in [9.17, 15) is 14.4 Å². The summed E-state index contributed by atoms with van der Waals surface area (Å²) in [5.41, 5.74) is 4.62. The molecule has 2 amide bonds. The molecule has 0 aromatic heterocycles. The summed E-state index contributed by atoms with van der Waals surface area (Å²) in [5, 5.41) is 12.0. The van der Waals surface area contributed by atoms with Crippen molar-refractivity contribution in [3.63, 3.8) is 0 Å². The molecule has 5 rings (SSSR count). The van der Waals surface area contributed by atoms with Gasteiger partial charge in [-0.15, -0.1) is 0 Å². The maximum Gasteiger partial charge on any atom is 0.407 e. The molecule has 0 radical (unpaired) electrons. The van der Waals surface area contributed by atoms with Crippen LogP contribution in [-0.4, -0.2) is 53.7 Å². The highest BCUT2D eigenvalue weighted by molar-refractivity contribution is 5.86. The van der Waals surface area contributed by atoms with Crippen LogP contribution in [-0.2, 0) is 14.3 Å². The quantitative estimate of drug-likeness (QED) is 0.589. The Bertz CT molecular complexity index is 1070. The highest BCUT2D eigenvalue weighted by atomic mass is 16.5. The Morgan fingerprint density at radius 2 is 1.63 bits per heavy atom. The highest BCUT2D eigenvalue weighted by Gasteiger charge is 2.36. The molecule has 0 bridgehead atoms. The van der Waals surface area contributed by atoms with Crippen LogP contribution in [0.5, 0.6) is 0 Å². The van der Waals surface area contributed by atoms with Crippen molar-refractivity contribution >= 4 is 18.0 Å². The molecule has 2 fully saturated rings. The fourth-order valence-electron chi connectivity index (χ4n) is 5.59. The predicted octanol–water partition coefficient (Wildman–Crippen LogP) is 4.41. The van der Waals surface area contributed by atoms with Crippen LogP contribution < -0.4 is 5.32 Å². The number of carboxylic acids is 1. The number of nitrogens with zero attached hydrogens (tertiary/aromatic N) is 1. The number of piperidine rings is 1. The second-order valence-corrected chi connectivity index (χ2v) is 10.1. The maximum absolute atomic E-state index is 13.3. The van der Waals surface area contributed by atoms with Crippen molar-refractivity contribution in [3.05, 3.63) is 59.7 Å². The van der Waals surface area contributed by atoms with Crippen LogP contribution >= 0.6 is 0 Å². The Morgan fingerprint density at radius 1 is 0.971 bits per heavy atom. The summed E-state index contributed by atoms with van der Waals surface area (Å²) in [6.07, 6.45) is 3.81. The number of benzene rings is 2. The minimum Gasteiger partial charge on any atom is -0.481 e. The minimum absolute atomic E-state index is 0.0374. The third-order valence-electron chi connectivity index (χ3n) is 7.49. The molecule has 1 heterocycles. The number of hydrogen-bond donors (Lipinski definition) is 2. The summed E-state index contributed by atoms with van der Waals surface area (Å²) in [6, 6.07) is 15.7. The van der Waals surface area contributed by atoms with Gasteiger partial charge in [0.2, 0.25) is 5.91 Å². The van der Waals surface area contributed by atoms with Crippen LogP contribution in [0.3, 0.4) is 0 Å². The van der Waals surface area contributed by atoms with E-state index in [2.05, 4.69) is 29.6 Å². The van der Waals surface area contributed by atoms with Crippen LogP contribution in [0.25, 0.3) is 11.1 Å². The Balaban J connectivity index is 1.23. The minimum atomic E-state index is -0.837. The highest BCUT2D eigenvalue weighted by Crippen LogP contribution is 2.44. The van der Waals surface area contributed by atoms with Crippen molar-refractivity contribution in [1.29, 1.82) is 0 Å². The maximum atomic E-state index is 13.3. The van der Waals surface area contributed by atoms with E-state index in [1.165, 1.54) is 11.1 Å². The fraction of sp³-hybridized carbons (Fsp3) is 0.464. The van der Waals surface area contributed by atoms with Gasteiger partial charge in [-0.25, -0.2) is 4.79 Å². The van der Waals surface area contributed by atoms with E-state index in [-0.39, 0.29) is 30.8 Å². The Labute approximate surface area is 205 Å². The number of nitrogens with one attached hydrogen (secondary N) is 1. The van der Waals surface area contributed by atoms with E-state index in [0.717, 1.165) is 36.8 Å². The van der Waals surface area contributed by atoms with Crippen molar-refractivity contribution in [2.24, 2.45) is 11.8 Å². The SMILES string of the molecule is O=C(O)CC1CCCN(C(=O)C(CC2CC2)NC(=O)OCC2c3ccccc3-c3ccccc32)C1. The van der Waals surface area contributed by atoms with Crippen molar-refractivity contribution in [1.82, 2.24) is 10.2 Å². The molecule has 2 atom stereocenters. The summed E-state index contributed by atoms with van der Waals surface area (Å²) in [7, 11) is 0. The van der Waals surface area contributed by atoms with Gasteiger partial charge in [0.15, 0.2) is 0 Å². The first-order valence-corrected chi connectivity index (χ1v) is 12.6. The summed E-state index contributed by atoms with van der Waals surface area (Å²) in [6.45, 7) is 1.23. The van der Waals surface area contributed by atoms with E-state index in [0.29, 0.717) is 25.4 Å². The molecule has 184 valence electrons. The number of alkyl carbamates (subject to hydrolysis) is 1. The summed E-state index contributed by atoms with van der Waals surface area (Å²) in [5.74, 6) is -0.598. The van der Waals surface area contributed by atoms with Gasteiger partial charge in [0.1, 0.15) is 12.6 Å². The first-order valence-electron chi connectivity index (χ1n) is 12.6. The number of aliphatic carboxylic acids is 1. The Hall–Kier alpha value is -3.35. The Morgan fingerprint density at radius 3 is 2.26 bits per heavy atom. The van der Waals surface area contributed by atoms with Gasteiger partial charge in [-0.05, 0) is 53.4 Å². The lowest BCUT2D eigenvalue weighted by atomic mass is 9.94. The number of ether oxygens (including phenoxy) is 1. The number of carboxylic acid groups (broad SMARTS) is 1. The monoisotopic (exact) mass is 476 g/mol. The summed E-state index contributed by atoms with van der Waals surface area (Å²) in [4.78, 5) is 39.0. The van der Waals surface area contributed by atoms with E-state index in [4.69, 9.17) is 9.84 Å². The molecule has 2 unspecified atom stereocenters. The van der Waals surface area contributed by atoms with E-state index in [1.807, 2.05) is 24.3 Å².